The molecule has 3 rings (SSSR count). The van der Waals surface area contributed by atoms with E-state index in [-0.39, 0.29) is 0 Å². The Labute approximate surface area is 118 Å². The molecule has 1 heterocycles. The molecule has 19 heavy (non-hydrogen) atoms. The third kappa shape index (κ3) is 2.37. The fourth-order valence-corrected chi connectivity index (χ4v) is 2.17. The van der Waals surface area contributed by atoms with Crippen LogP contribution in [0.5, 0.6) is 0 Å². The first kappa shape index (κ1) is 11.9. The van der Waals surface area contributed by atoms with Gasteiger partial charge in [-0.2, -0.15) is 4.98 Å². The highest BCUT2D eigenvalue weighted by molar-refractivity contribution is 9.10. The average molecular weight is 316 g/mol. The van der Waals surface area contributed by atoms with Crippen LogP contribution < -0.4 is 5.73 Å². The first-order valence-electron chi connectivity index (χ1n) is 5.68. The normalized spacial score (nSPS) is 10.6. The predicted octanol–water partition coefficient (Wildman–Crippen LogP) is 3.75. The van der Waals surface area contributed by atoms with E-state index in [1.54, 1.807) is 0 Å². The lowest BCUT2D eigenvalue weighted by Gasteiger charge is -1.98. The smallest absolute Gasteiger partial charge is 0.258 e. The van der Waals surface area contributed by atoms with Gasteiger partial charge in [0.2, 0.25) is 5.82 Å². The van der Waals surface area contributed by atoms with Gasteiger partial charge in [-0.3, -0.25) is 0 Å². The monoisotopic (exact) mass is 315 g/mol. The van der Waals surface area contributed by atoms with Crippen molar-refractivity contribution in [2.45, 2.75) is 0 Å². The van der Waals surface area contributed by atoms with Crippen molar-refractivity contribution >= 4 is 21.6 Å². The van der Waals surface area contributed by atoms with E-state index >= 15 is 0 Å². The Bertz CT molecular complexity index is 724. The van der Waals surface area contributed by atoms with E-state index in [4.69, 9.17) is 10.3 Å². The third-order valence-electron chi connectivity index (χ3n) is 2.70. The van der Waals surface area contributed by atoms with E-state index in [2.05, 4.69) is 26.1 Å². The second-order valence-electron chi connectivity index (χ2n) is 4.02. The molecule has 0 radical (unpaired) electrons. The molecule has 0 aliphatic rings. The fourth-order valence-electron chi connectivity index (χ4n) is 1.77. The second-order valence-corrected chi connectivity index (χ2v) is 4.94. The number of benzene rings is 2. The SMILES string of the molecule is Nc1ccccc1-c1noc(-c2cccc(Br)c2)n1. The Morgan fingerprint density at radius 1 is 1.05 bits per heavy atom. The van der Waals surface area contributed by atoms with Crippen LogP contribution in [0.3, 0.4) is 0 Å². The van der Waals surface area contributed by atoms with Crippen LogP contribution >= 0.6 is 15.9 Å². The average Bonchev–Trinajstić information content (AvgIpc) is 2.89. The number of rotatable bonds is 2. The Balaban J connectivity index is 2.03. The Hall–Kier alpha value is -2.14. The molecule has 0 unspecified atom stereocenters. The molecule has 5 heteroatoms. The minimum atomic E-state index is 0.472. The van der Waals surface area contributed by atoms with Crippen molar-refractivity contribution in [3.05, 3.63) is 53.0 Å². The van der Waals surface area contributed by atoms with Gasteiger partial charge in [-0.25, -0.2) is 0 Å². The van der Waals surface area contributed by atoms with E-state index in [0.29, 0.717) is 17.4 Å². The van der Waals surface area contributed by atoms with E-state index in [9.17, 15) is 0 Å². The molecule has 0 aliphatic carbocycles. The van der Waals surface area contributed by atoms with Crippen molar-refractivity contribution in [2.75, 3.05) is 5.73 Å². The van der Waals surface area contributed by atoms with Crippen molar-refractivity contribution in [1.29, 1.82) is 0 Å². The number of hydrogen-bond acceptors (Lipinski definition) is 4. The highest BCUT2D eigenvalue weighted by atomic mass is 79.9. The molecule has 2 aromatic carbocycles. The van der Waals surface area contributed by atoms with Crippen LogP contribution in [-0.4, -0.2) is 10.1 Å². The Morgan fingerprint density at radius 2 is 1.89 bits per heavy atom. The summed E-state index contributed by atoms with van der Waals surface area (Å²) in [6.07, 6.45) is 0. The molecule has 4 nitrogen and oxygen atoms in total. The topological polar surface area (TPSA) is 64.9 Å². The molecule has 0 saturated carbocycles. The molecule has 0 bridgehead atoms. The van der Waals surface area contributed by atoms with Gasteiger partial charge in [0.15, 0.2) is 0 Å². The van der Waals surface area contributed by atoms with Crippen molar-refractivity contribution in [3.63, 3.8) is 0 Å². The van der Waals surface area contributed by atoms with E-state index in [1.165, 1.54) is 0 Å². The third-order valence-corrected chi connectivity index (χ3v) is 3.19. The summed E-state index contributed by atoms with van der Waals surface area (Å²) in [7, 11) is 0. The van der Waals surface area contributed by atoms with Crippen LogP contribution in [0.4, 0.5) is 5.69 Å². The number of nitrogens with two attached hydrogens (primary N) is 1. The predicted molar refractivity (Wildman–Crippen MR) is 77.3 cm³/mol. The summed E-state index contributed by atoms with van der Waals surface area (Å²) in [5.41, 5.74) is 8.16. The highest BCUT2D eigenvalue weighted by Crippen LogP contribution is 2.26. The molecule has 0 spiro atoms. The molecule has 0 aliphatic heterocycles. The molecular weight excluding hydrogens is 306 g/mol. The van der Waals surface area contributed by atoms with Crippen LogP contribution in [0.2, 0.25) is 0 Å². The Morgan fingerprint density at radius 3 is 2.68 bits per heavy atom. The van der Waals surface area contributed by atoms with Gasteiger partial charge in [-0.05, 0) is 30.3 Å². The van der Waals surface area contributed by atoms with Crippen LogP contribution in [-0.2, 0) is 0 Å². The summed E-state index contributed by atoms with van der Waals surface area (Å²) < 4.78 is 6.24. The van der Waals surface area contributed by atoms with Crippen molar-refractivity contribution in [3.8, 4) is 22.8 Å². The zero-order chi connectivity index (χ0) is 13.2. The molecule has 0 atom stereocenters. The van der Waals surface area contributed by atoms with Crippen LogP contribution in [0.1, 0.15) is 0 Å². The summed E-state index contributed by atoms with van der Waals surface area (Å²) in [6, 6.07) is 15.1. The Kier molecular flexibility index (Phi) is 3.05. The number of nitrogen functional groups attached to an aromatic ring is 1. The van der Waals surface area contributed by atoms with Crippen molar-refractivity contribution < 1.29 is 4.52 Å². The second kappa shape index (κ2) is 4.85. The number of anilines is 1. The maximum atomic E-state index is 5.90. The summed E-state index contributed by atoms with van der Waals surface area (Å²) in [5, 5.41) is 3.97. The zero-order valence-electron chi connectivity index (χ0n) is 9.88. The first-order chi connectivity index (χ1) is 9.24. The van der Waals surface area contributed by atoms with Gasteiger partial charge in [-0.15, -0.1) is 0 Å². The molecule has 0 fully saturated rings. The van der Waals surface area contributed by atoms with E-state index in [1.807, 2.05) is 48.5 Å². The minimum Gasteiger partial charge on any atom is -0.398 e. The van der Waals surface area contributed by atoms with Gasteiger partial charge in [0, 0.05) is 21.3 Å². The summed E-state index contributed by atoms with van der Waals surface area (Å²) >= 11 is 3.41. The molecular formula is C14H10BrN3O. The first-order valence-corrected chi connectivity index (χ1v) is 6.48. The number of para-hydroxylation sites is 1. The number of aromatic nitrogens is 2. The van der Waals surface area contributed by atoms with E-state index in [0.717, 1.165) is 15.6 Å². The van der Waals surface area contributed by atoms with E-state index < -0.39 is 0 Å². The number of halogens is 1. The number of hydrogen-bond donors (Lipinski definition) is 1. The van der Waals surface area contributed by atoms with Crippen LogP contribution in [0.15, 0.2) is 57.5 Å². The molecule has 94 valence electrons. The maximum Gasteiger partial charge on any atom is 0.258 e. The summed E-state index contributed by atoms with van der Waals surface area (Å²) in [5.74, 6) is 0.965. The van der Waals surface area contributed by atoms with Crippen LogP contribution in [0, 0.1) is 0 Å². The molecule has 2 N–H and O–H groups in total. The van der Waals surface area contributed by atoms with Crippen molar-refractivity contribution in [1.82, 2.24) is 10.1 Å². The fraction of sp³-hybridized carbons (Fsp3) is 0. The molecule has 0 amide bonds. The van der Waals surface area contributed by atoms with Crippen molar-refractivity contribution in [2.24, 2.45) is 0 Å². The summed E-state index contributed by atoms with van der Waals surface area (Å²) in [6.45, 7) is 0. The highest BCUT2D eigenvalue weighted by Gasteiger charge is 2.12. The quantitative estimate of drug-likeness (QED) is 0.731. The lowest BCUT2D eigenvalue weighted by molar-refractivity contribution is 0.432. The summed E-state index contributed by atoms with van der Waals surface area (Å²) in [4.78, 5) is 4.37. The molecule has 0 saturated heterocycles. The van der Waals surface area contributed by atoms with Gasteiger partial charge < -0.3 is 10.3 Å². The van der Waals surface area contributed by atoms with Gasteiger partial charge in [0.25, 0.3) is 5.89 Å². The van der Waals surface area contributed by atoms with Crippen LogP contribution in [0.25, 0.3) is 22.8 Å². The lowest BCUT2D eigenvalue weighted by atomic mass is 10.2. The van der Waals surface area contributed by atoms with Gasteiger partial charge in [0.05, 0.1) is 0 Å². The molecule has 1 aromatic heterocycles. The number of nitrogens with zero attached hydrogens (tertiary/aromatic N) is 2. The van der Waals surface area contributed by atoms with Gasteiger partial charge in [0.1, 0.15) is 0 Å². The van der Waals surface area contributed by atoms with Gasteiger partial charge in [-0.1, -0.05) is 39.3 Å². The standard InChI is InChI=1S/C14H10BrN3O/c15-10-5-3-4-9(8-10)14-17-13(18-19-14)11-6-1-2-7-12(11)16/h1-8H,16H2. The maximum absolute atomic E-state index is 5.90. The zero-order valence-corrected chi connectivity index (χ0v) is 11.5. The van der Waals surface area contributed by atoms with Gasteiger partial charge >= 0.3 is 0 Å². The molecule has 3 aromatic rings. The minimum absolute atomic E-state index is 0.472. The lowest BCUT2D eigenvalue weighted by Crippen LogP contribution is -1.90. The largest absolute Gasteiger partial charge is 0.398 e.